The van der Waals surface area contributed by atoms with Crippen LogP contribution >= 0.6 is 0 Å². The van der Waals surface area contributed by atoms with Crippen LogP contribution in [0.15, 0.2) is 36.7 Å². The first kappa shape index (κ1) is 22.2. The Balaban J connectivity index is 1.40. The molecule has 1 amide bonds. The average molecular weight is 436 g/mol. The lowest BCUT2D eigenvalue weighted by molar-refractivity contribution is 0.0683. The molecule has 0 aliphatic carbocycles. The van der Waals surface area contributed by atoms with E-state index in [-0.39, 0.29) is 5.91 Å². The molecule has 0 bridgehead atoms. The van der Waals surface area contributed by atoms with Gasteiger partial charge in [-0.1, -0.05) is 0 Å². The number of rotatable bonds is 7. The first-order chi connectivity index (χ1) is 15.5. The molecule has 0 saturated carbocycles. The number of carbonyl (C=O) groups is 1. The summed E-state index contributed by atoms with van der Waals surface area (Å²) in [5, 5.41) is 0. The van der Waals surface area contributed by atoms with E-state index in [1.54, 1.807) is 0 Å². The Hall–Kier alpha value is -3.02. The number of aryl methyl sites for hydroxylation is 2. The van der Waals surface area contributed by atoms with Gasteiger partial charge < -0.3 is 18.9 Å². The van der Waals surface area contributed by atoms with Gasteiger partial charge in [-0.3, -0.25) is 4.79 Å². The Morgan fingerprint density at radius 2 is 1.69 bits per heavy atom. The average Bonchev–Trinajstić information content (AvgIpc) is 3.17. The van der Waals surface area contributed by atoms with Crippen LogP contribution in [0.2, 0.25) is 0 Å². The summed E-state index contributed by atoms with van der Waals surface area (Å²) in [5.41, 5.74) is 5.48. The number of ether oxygens (including phenoxy) is 2. The van der Waals surface area contributed by atoms with Gasteiger partial charge in [0.05, 0.1) is 30.6 Å². The van der Waals surface area contributed by atoms with E-state index in [1.807, 2.05) is 43.3 Å². The molecule has 4 rings (SSSR count). The molecule has 6 nitrogen and oxygen atoms in total. The molecule has 170 valence electrons. The molecular formula is C26H33N3O3. The highest BCUT2D eigenvalue weighted by Crippen LogP contribution is 2.30. The molecule has 1 aliphatic rings. The summed E-state index contributed by atoms with van der Waals surface area (Å²) in [4.78, 5) is 19.7. The van der Waals surface area contributed by atoms with Crippen LogP contribution in [0.4, 0.5) is 0 Å². The highest BCUT2D eigenvalue weighted by atomic mass is 16.5. The van der Waals surface area contributed by atoms with Crippen LogP contribution in [0.3, 0.4) is 0 Å². The largest absolute Gasteiger partial charge is 0.490 e. The van der Waals surface area contributed by atoms with Gasteiger partial charge in [0, 0.05) is 25.2 Å². The van der Waals surface area contributed by atoms with Crippen molar-refractivity contribution in [3.05, 3.63) is 53.3 Å². The lowest BCUT2D eigenvalue weighted by Crippen LogP contribution is -2.39. The molecule has 2 aromatic carbocycles. The molecule has 0 atom stereocenters. The molecule has 0 spiro atoms. The molecule has 1 aromatic heterocycles. The Morgan fingerprint density at radius 1 is 1.00 bits per heavy atom. The maximum atomic E-state index is 13.1. The molecule has 32 heavy (non-hydrogen) atoms. The molecule has 1 saturated heterocycles. The van der Waals surface area contributed by atoms with Crippen LogP contribution in [-0.4, -0.2) is 46.7 Å². The van der Waals surface area contributed by atoms with E-state index in [0.717, 1.165) is 38.0 Å². The second kappa shape index (κ2) is 9.63. The molecule has 1 aliphatic heterocycles. The Morgan fingerprint density at radius 3 is 2.41 bits per heavy atom. The molecule has 3 aromatic rings. The van der Waals surface area contributed by atoms with Gasteiger partial charge in [0.25, 0.3) is 5.91 Å². The monoisotopic (exact) mass is 435 g/mol. The Kier molecular flexibility index (Phi) is 6.68. The second-order valence-corrected chi connectivity index (χ2v) is 8.59. The van der Waals surface area contributed by atoms with Gasteiger partial charge in [-0.05, 0) is 87.9 Å². The number of likely N-dealkylation sites (tertiary alicyclic amines) is 1. The number of carbonyl (C=O) groups excluding carboxylic acids is 1. The van der Waals surface area contributed by atoms with Gasteiger partial charge >= 0.3 is 0 Å². The van der Waals surface area contributed by atoms with Gasteiger partial charge in [0.1, 0.15) is 0 Å². The zero-order chi connectivity index (χ0) is 22.7. The number of piperidine rings is 1. The first-order valence-corrected chi connectivity index (χ1v) is 11.6. The lowest BCUT2D eigenvalue weighted by atomic mass is 9.96. The highest BCUT2D eigenvalue weighted by molar-refractivity contribution is 5.95. The van der Waals surface area contributed by atoms with Crippen molar-refractivity contribution in [3.63, 3.8) is 0 Å². The molecule has 1 fully saturated rings. The zero-order valence-electron chi connectivity index (χ0n) is 19.6. The molecule has 0 unspecified atom stereocenters. The Bertz CT molecular complexity index is 1100. The van der Waals surface area contributed by atoms with E-state index in [9.17, 15) is 4.79 Å². The van der Waals surface area contributed by atoms with Crippen LogP contribution in [0.1, 0.15) is 48.2 Å². The fourth-order valence-electron chi connectivity index (χ4n) is 4.42. The summed E-state index contributed by atoms with van der Waals surface area (Å²) in [5.74, 6) is 1.92. The van der Waals surface area contributed by atoms with E-state index >= 15 is 0 Å². The zero-order valence-corrected chi connectivity index (χ0v) is 19.6. The second-order valence-electron chi connectivity index (χ2n) is 8.59. The number of hydrogen-bond donors (Lipinski definition) is 0. The molecule has 6 heteroatoms. The summed E-state index contributed by atoms with van der Waals surface area (Å²) in [7, 11) is 0. The summed E-state index contributed by atoms with van der Waals surface area (Å²) < 4.78 is 13.6. The maximum Gasteiger partial charge on any atom is 0.253 e. The van der Waals surface area contributed by atoms with Crippen LogP contribution < -0.4 is 9.47 Å². The van der Waals surface area contributed by atoms with Crippen molar-refractivity contribution >= 4 is 16.9 Å². The number of amides is 1. The van der Waals surface area contributed by atoms with Crippen molar-refractivity contribution in [2.45, 2.75) is 47.1 Å². The number of aromatic nitrogens is 2. The quantitative estimate of drug-likeness (QED) is 0.524. The van der Waals surface area contributed by atoms with E-state index in [1.165, 1.54) is 16.6 Å². The predicted octanol–water partition coefficient (Wildman–Crippen LogP) is 5.00. The number of fused-ring (bicyclic) bond motifs is 1. The number of nitrogens with zero attached hydrogens (tertiary/aromatic N) is 3. The topological polar surface area (TPSA) is 56.6 Å². The summed E-state index contributed by atoms with van der Waals surface area (Å²) in [6.07, 6.45) is 3.94. The number of hydrogen-bond acceptors (Lipinski definition) is 4. The van der Waals surface area contributed by atoms with Gasteiger partial charge in [-0.25, -0.2) is 4.98 Å². The third-order valence-corrected chi connectivity index (χ3v) is 6.38. The summed E-state index contributed by atoms with van der Waals surface area (Å²) in [6.45, 7) is 11.7. The van der Waals surface area contributed by atoms with E-state index in [0.29, 0.717) is 36.2 Å². The molecule has 2 heterocycles. The minimum absolute atomic E-state index is 0.0617. The van der Waals surface area contributed by atoms with Gasteiger partial charge in [-0.15, -0.1) is 0 Å². The van der Waals surface area contributed by atoms with Crippen molar-refractivity contribution in [3.8, 4) is 11.5 Å². The number of imidazole rings is 1. The summed E-state index contributed by atoms with van der Waals surface area (Å²) >= 11 is 0. The van der Waals surface area contributed by atoms with E-state index in [4.69, 9.17) is 9.47 Å². The minimum atomic E-state index is 0.0617. The lowest BCUT2D eigenvalue weighted by Gasteiger charge is -2.32. The van der Waals surface area contributed by atoms with E-state index < -0.39 is 0 Å². The standard InChI is InChI=1S/C26H33N3O3/c1-5-31-24-8-7-21(15-25(24)32-6-2)26(30)28-11-9-20(10-12-28)16-29-17-27-22-13-18(3)19(4)14-23(22)29/h7-8,13-15,17,20H,5-6,9-12,16H2,1-4H3. The van der Waals surface area contributed by atoms with Gasteiger partial charge in [-0.2, -0.15) is 0 Å². The minimum Gasteiger partial charge on any atom is -0.490 e. The van der Waals surface area contributed by atoms with Crippen molar-refractivity contribution in [1.82, 2.24) is 14.5 Å². The van der Waals surface area contributed by atoms with Crippen LogP contribution in [0, 0.1) is 19.8 Å². The third-order valence-electron chi connectivity index (χ3n) is 6.38. The first-order valence-electron chi connectivity index (χ1n) is 11.6. The molecule has 0 N–H and O–H groups in total. The van der Waals surface area contributed by atoms with E-state index in [2.05, 4.69) is 35.5 Å². The molecular weight excluding hydrogens is 402 g/mol. The van der Waals surface area contributed by atoms with Crippen molar-refractivity contribution in [2.24, 2.45) is 5.92 Å². The van der Waals surface area contributed by atoms with Gasteiger partial charge in [0.2, 0.25) is 0 Å². The Labute approximate surface area is 190 Å². The predicted molar refractivity (Wildman–Crippen MR) is 127 cm³/mol. The SMILES string of the molecule is CCOc1ccc(C(=O)N2CCC(Cn3cnc4cc(C)c(C)cc43)CC2)cc1OCC. The normalized spacial score (nSPS) is 14.7. The van der Waals surface area contributed by atoms with Crippen molar-refractivity contribution in [1.29, 1.82) is 0 Å². The number of benzene rings is 2. The molecule has 0 radical (unpaired) electrons. The highest BCUT2D eigenvalue weighted by Gasteiger charge is 2.25. The van der Waals surface area contributed by atoms with Gasteiger partial charge in [0.15, 0.2) is 11.5 Å². The smallest absolute Gasteiger partial charge is 0.253 e. The fourth-order valence-corrected chi connectivity index (χ4v) is 4.42. The summed E-state index contributed by atoms with van der Waals surface area (Å²) in [6, 6.07) is 9.88. The van der Waals surface area contributed by atoms with Crippen molar-refractivity contribution in [2.75, 3.05) is 26.3 Å². The van der Waals surface area contributed by atoms with Crippen molar-refractivity contribution < 1.29 is 14.3 Å². The van der Waals surface area contributed by atoms with Crippen LogP contribution in [-0.2, 0) is 6.54 Å². The third kappa shape index (κ3) is 4.59. The van der Waals surface area contributed by atoms with Crippen LogP contribution in [0.5, 0.6) is 11.5 Å². The van der Waals surface area contributed by atoms with Crippen LogP contribution in [0.25, 0.3) is 11.0 Å². The fraction of sp³-hybridized carbons (Fsp3) is 0.462. The maximum absolute atomic E-state index is 13.1.